The maximum absolute atomic E-state index is 11.8. The predicted molar refractivity (Wildman–Crippen MR) is 69.9 cm³/mol. The van der Waals surface area contributed by atoms with E-state index in [2.05, 4.69) is 12.1 Å². The van der Waals surface area contributed by atoms with Crippen LogP contribution in [0.5, 0.6) is 5.75 Å². The summed E-state index contributed by atoms with van der Waals surface area (Å²) in [5, 5.41) is 0. The van der Waals surface area contributed by atoms with E-state index in [-0.39, 0.29) is 11.9 Å². The third kappa shape index (κ3) is 2.22. The SMILES string of the molecule is CCC(C(=O)OC)C1CCc2cc(OC)ccc21. The van der Waals surface area contributed by atoms with E-state index < -0.39 is 0 Å². The number of aryl methyl sites for hydroxylation is 1. The number of benzene rings is 1. The molecule has 2 atom stereocenters. The molecule has 0 N–H and O–H groups in total. The molecule has 1 aliphatic rings. The molecule has 0 aromatic heterocycles. The van der Waals surface area contributed by atoms with Crippen molar-refractivity contribution >= 4 is 5.97 Å². The van der Waals surface area contributed by atoms with Crippen LogP contribution in [0.1, 0.15) is 36.8 Å². The smallest absolute Gasteiger partial charge is 0.309 e. The molecular formula is C15H20O3. The Morgan fingerprint density at radius 2 is 2.22 bits per heavy atom. The highest BCUT2D eigenvalue weighted by molar-refractivity contribution is 5.74. The second-order valence-electron chi connectivity index (χ2n) is 4.75. The first-order valence-corrected chi connectivity index (χ1v) is 6.45. The molecule has 0 saturated carbocycles. The Bertz CT molecular complexity index is 439. The molecule has 0 amide bonds. The van der Waals surface area contributed by atoms with Crippen molar-refractivity contribution in [3.05, 3.63) is 29.3 Å². The second-order valence-corrected chi connectivity index (χ2v) is 4.75. The van der Waals surface area contributed by atoms with Gasteiger partial charge in [-0.2, -0.15) is 0 Å². The zero-order valence-corrected chi connectivity index (χ0v) is 11.2. The molecular weight excluding hydrogens is 228 g/mol. The fourth-order valence-electron chi connectivity index (χ4n) is 2.94. The molecule has 2 unspecified atom stereocenters. The Balaban J connectivity index is 2.27. The van der Waals surface area contributed by atoms with Crippen LogP contribution in [0, 0.1) is 5.92 Å². The normalized spacial score (nSPS) is 19.2. The lowest BCUT2D eigenvalue weighted by Crippen LogP contribution is -2.21. The molecule has 2 rings (SSSR count). The van der Waals surface area contributed by atoms with Crippen molar-refractivity contribution < 1.29 is 14.3 Å². The molecule has 0 aliphatic heterocycles. The Morgan fingerprint density at radius 3 is 2.83 bits per heavy atom. The summed E-state index contributed by atoms with van der Waals surface area (Å²) in [5.74, 6) is 1.07. The van der Waals surface area contributed by atoms with E-state index in [0.29, 0.717) is 5.92 Å². The maximum Gasteiger partial charge on any atom is 0.309 e. The van der Waals surface area contributed by atoms with Crippen molar-refractivity contribution in [1.29, 1.82) is 0 Å². The first kappa shape index (κ1) is 12.9. The zero-order chi connectivity index (χ0) is 13.1. The van der Waals surface area contributed by atoms with Gasteiger partial charge in [-0.05, 0) is 48.4 Å². The molecule has 0 bridgehead atoms. The Labute approximate surface area is 108 Å². The molecule has 0 fully saturated rings. The van der Waals surface area contributed by atoms with Gasteiger partial charge in [0.1, 0.15) is 5.75 Å². The standard InChI is InChI=1S/C15H20O3/c1-4-12(15(16)18-3)14-7-5-10-9-11(17-2)6-8-13(10)14/h6,8-9,12,14H,4-5,7H2,1-3H3. The number of rotatable bonds is 4. The van der Waals surface area contributed by atoms with Crippen LogP contribution < -0.4 is 4.74 Å². The molecule has 0 radical (unpaired) electrons. The molecule has 18 heavy (non-hydrogen) atoms. The van der Waals surface area contributed by atoms with E-state index in [1.54, 1.807) is 7.11 Å². The van der Waals surface area contributed by atoms with Gasteiger partial charge in [-0.3, -0.25) is 4.79 Å². The van der Waals surface area contributed by atoms with Crippen molar-refractivity contribution in [3.8, 4) is 5.75 Å². The summed E-state index contributed by atoms with van der Waals surface area (Å²) < 4.78 is 10.2. The first-order valence-electron chi connectivity index (χ1n) is 6.45. The van der Waals surface area contributed by atoms with Crippen molar-refractivity contribution in [1.82, 2.24) is 0 Å². The summed E-state index contributed by atoms with van der Waals surface area (Å²) >= 11 is 0. The molecule has 1 aromatic carbocycles. The van der Waals surface area contributed by atoms with E-state index in [1.807, 2.05) is 13.0 Å². The van der Waals surface area contributed by atoms with Gasteiger partial charge in [0.05, 0.1) is 20.1 Å². The molecule has 0 spiro atoms. The molecule has 1 aromatic rings. The average Bonchev–Trinajstić information content (AvgIpc) is 2.82. The predicted octanol–water partition coefficient (Wildman–Crippen LogP) is 2.92. The fraction of sp³-hybridized carbons (Fsp3) is 0.533. The number of ether oxygens (including phenoxy) is 2. The molecule has 0 heterocycles. The Hall–Kier alpha value is -1.51. The van der Waals surface area contributed by atoms with Gasteiger partial charge in [-0.1, -0.05) is 13.0 Å². The van der Waals surface area contributed by atoms with Crippen molar-refractivity contribution in [2.24, 2.45) is 5.92 Å². The lowest BCUT2D eigenvalue weighted by molar-refractivity contribution is -0.146. The number of hydrogen-bond acceptors (Lipinski definition) is 3. The van der Waals surface area contributed by atoms with Crippen LogP contribution in [0.2, 0.25) is 0 Å². The summed E-state index contributed by atoms with van der Waals surface area (Å²) in [7, 11) is 3.15. The van der Waals surface area contributed by atoms with E-state index in [4.69, 9.17) is 9.47 Å². The average molecular weight is 248 g/mol. The fourth-order valence-corrected chi connectivity index (χ4v) is 2.94. The minimum atomic E-state index is -0.0915. The van der Waals surface area contributed by atoms with Gasteiger partial charge in [-0.25, -0.2) is 0 Å². The number of hydrogen-bond donors (Lipinski definition) is 0. The molecule has 98 valence electrons. The number of methoxy groups -OCH3 is 2. The third-order valence-corrected chi connectivity index (χ3v) is 3.90. The van der Waals surface area contributed by atoms with Gasteiger partial charge in [-0.15, -0.1) is 0 Å². The largest absolute Gasteiger partial charge is 0.497 e. The van der Waals surface area contributed by atoms with Crippen LogP contribution in [-0.4, -0.2) is 20.2 Å². The van der Waals surface area contributed by atoms with E-state index in [1.165, 1.54) is 18.2 Å². The van der Waals surface area contributed by atoms with Crippen molar-refractivity contribution in [3.63, 3.8) is 0 Å². The highest BCUT2D eigenvalue weighted by Crippen LogP contribution is 2.41. The van der Waals surface area contributed by atoms with Crippen LogP contribution in [0.15, 0.2) is 18.2 Å². The Kier molecular flexibility index (Phi) is 3.90. The Morgan fingerprint density at radius 1 is 1.44 bits per heavy atom. The number of carbonyl (C=O) groups is 1. The van der Waals surface area contributed by atoms with Crippen LogP contribution in [0.4, 0.5) is 0 Å². The minimum Gasteiger partial charge on any atom is -0.497 e. The quantitative estimate of drug-likeness (QED) is 0.768. The van der Waals surface area contributed by atoms with Gasteiger partial charge < -0.3 is 9.47 Å². The highest BCUT2D eigenvalue weighted by Gasteiger charge is 2.33. The molecule has 3 heteroatoms. The topological polar surface area (TPSA) is 35.5 Å². The van der Waals surface area contributed by atoms with Gasteiger partial charge in [0, 0.05) is 0 Å². The van der Waals surface area contributed by atoms with E-state index in [0.717, 1.165) is 25.0 Å². The first-order chi connectivity index (χ1) is 8.71. The van der Waals surface area contributed by atoms with Crippen LogP contribution in [0.25, 0.3) is 0 Å². The lowest BCUT2D eigenvalue weighted by atomic mass is 9.85. The highest BCUT2D eigenvalue weighted by atomic mass is 16.5. The van der Waals surface area contributed by atoms with Gasteiger partial charge in [0.15, 0.2) is 0 Å². The monoisotopic (exact) mass is 248 g/mol. The van der Waals surface area contributed by atoms with E-state index >= 15 is 0 Å². The van der Waals surface area contributed by atoms with Crippen LogP contribution in [0.3, 0.4) is 0 Å². The third-order valence-electron chi connectivity index (χ3n) is 3.90. The number of esters is 1. The number of fused-ring (bicyclic) bond motifs is 1. The summed E-state index contributed by atoms with van der Waals surface area (Å²) in [6.45, 7) is 2.04. The molecule has 0 saturated heterocycles. The summed E-state index contributed by atoms with van der Waals surface area (Å²) in [5.41, 5.74) is 2.59. The van der Waals surface area contributed by atoms with Gasteiger partial charge in [0.25, 0.3) is 0 Å². The number of carbonyl (C=O) groups excluding carboxylic acids is 1. The summed E-state index contributed by atoms with van der Waals surface area (Å²) in [6, 6.07) is 6.15. The van der Waals surface area contributed by atoms with Crippen molar-refractivity contribution in [2.75, 3.05) is 14.2 Å². The summed E-state index contributed by atoms with van der Waals surface area (Å²) in [6.07, 6.45) is 2.86. The summed E-state index contributed by atoms with van der Waals surface area (Å²) in [4.78, 5) is 11.8. The lowest BCUT2D eigenvalue weighted by Gasteiger charge is -2.20. The molecule has 1 aliphatic carbocycles. The second kappa shape index (κ2) is 5.42. The molecule has 3 nitrogen and oxygen atoms in total. The van der Waals surface area contributed by atoms with E-state index in [9.17, 15) is 4.79 Å². The minimum absolute atomic E-state index is 0.0235. The van der Waals surface area contributed by atoms with Crippen LogP contribution >= 0.6 is 0 Å². The van der Waals surface area contributed by atoms with Gasteiger partial charge >= 0.3 is 5.97 Å². The maximum atomic E-state index is 11.8. The van der Waals surface area contributed by atoms with Gasteiger partial charge in [0.2, 0.25) is 0 Å². The zero-order valence-electron chi connectivity index (χ0n) is 11.2. The van der Waals surface area contributed by atoms with Crippen molar-refractivity contribution in [2.45, 2.75) is 32.1 Å². The van der Waals surface area contributed by atoms with Crippen LogP contribution in [-0.2, 0) is 16.0 Å².